The van der Waals surface area contributed by atoms with Gasteiger partial charge in [-0.1, -0.05) is 6.07 Å². The molecule has 3 heterocycles. The molecule has 0 saturated heterocycles. The zero-order valence-electron chi connectivity index (χ0n) is 15.7. The molecule has 4 rings (SSSR count). The van der Waals surface area contributed by atoms with E-state index in [1.165, 1.54) is 12.1 Å². The number of hydrogen-bond donors (Lipinski definition) is 1. The van der Waals surface area contributed by atoms with Crippen LogP contribution in [0.1, 0.15) is 20.8 Å². The summed E-state index contributed by atoms with van der Waals surface area (Å²) < 4.78 is 30.2. The number of rotatable bonds is 3. The van der Waals surface area contributed by atoms with Gasteiger partial charge in [0.1, 0.15) is 17.2 Å². The van der Waals surface area contributed by atoms with Crippen molar-refractivity contribution in [2.75, 3.05) is 5.32 Å². The highest BCUT2D eigenvalue weighted by molar-refractivity contribution is 5.85. The van der Waals surface area contributed by atoms with Gasteiger partial charge in [-0.05, 0) is 51.1 Å². The third-order valence-electron chi connectivity index (χ3n) is 4.17. The van der Waals surface area contributed by atoms with Crippen LogP contribution in [0.15, 0.2) is 55.0 Å². The van der Waals surface area contributed by atoms with Gasteiger partial charge in [-0.25, -0.2) is 18.7 Å². The molecule has 3 aromatic heterocycles. The Balaban J connectivity index is 2.04. The monoisotopic (exact) mass is 379 g/mol. The number of pyridine rings is 2. The van der Waals surface area contributed by atoms with Gasteiger partial charge in [0.2, 0.25) is 0 Å². The zero-order valence-corrected chi connectivity index (χ0v) is 15.7. The summed E-state index contributed by atoms with van der Waals surface area (Å²) in [5.41, 5.74) is 1.71. The molecule has 0 atom stereocenters. The summed E-state index contributed by atoms with van der Waals surface area (Å²) in [6.45, 7) is 6.06. The van der Waals surface area contributed by atoms with Crippen molar-refractivity contribution < 1.29 is 8.78 Å². The van der Waals surface area contributed by atoms with Crippen LogP contribution in [0.2, 0.25) is 0 Å². The molecule has 0 spiro atoms. The molecule has 5 nitrogen and oxygen atoms in total. The van der Waals surface area contributed by atoms with Crippen LogP contribution in [-0.2, 0) is 0 Å². The van der Waals surface area contributed by atoms with Gasteiger partial charge in [0.15, 0.2) is 11.6 Å². The maximum atomic E-state index is 14.7. The van der Waals surface area contributed by atoms with Gasteiger partial charge in [0.25, 0.3) is 0 Å². The predicted octanol–water partition coefficient (Wildman–Crippen LogP) is 4.97. The molecule has 0 aliphatic rings. The molecule has 0 saturated carbocycles. The fourth-order valence-electron chi connectivity index (χ4n) is 3.06. The number of anilines is 1. The van der Waals surface area contributed by atoms with E-state index in [-0.39, 0.29) is 11.2 Å². The Morgan fingerprint density at radius 1 is 1.00 bits per heavy atom. The Labute approximate surface area is 161 Å². The molecule has 0 aliphatic carbocycles. The molecular formula is C21H19F2N5. The lowest BCUT2D eigenvalue weighted by Gasteiger charge is -2.23. The number of halogens is 2. The second-order valence-electron chi connectivity index (χ2n) is 7.48. The first kappa shape index (κ1) is 18.0. The van der Waals surface area contributed by atoms with Crippen LogP contribution >= 0.6 is 0 Å². The molecule has 7 heteroatoms. The number of nitrogens with one attached hydrogen (secondary N) is 1. The van der Waals surface area contributed by atoms with E-state index in [0.717, 1.165) is 6.07 Å². The minimum absolute atomic E-state index is 0.0780. The maximum absolute atomic E-state index is 14.7. The van der Waals surface area contributed by atoms with Crippen LogP contribution < -0.4 is 5.32 Å². The van der Waals surface area contributed by atoms with Gasteiger partial charge in [0, 0.05) is 17.9 Å². The highest BCUT2D eigenvalue weighted by Gasteiger charge is 2.22. The number of aromatic nitrogens is 4. The van der Waals surface area contributed by atoms with Crippen molar-refractivity contribution >= 4 is 16.9 Å². The summed E-state index contributed by atoms with van der Waals surface area (Å²) in [4.78, 5) is 13.2. The number of imidazole rings is 1. The quantitative estimate of drug-likeness (QED) is 0.546. The van der Waals surface area contributed by atoms with Crippen molar-refractivity contribution in [2.24, 2.45) is 0 Å². The van der Waals surface area contributed by atoms with Gasteiger partial charge < -0.3 is 5.32 Å². The minimum Gasteiger partial charge on any atom is -0.365 e. The molecule has 0 bridgehead atoms. The van der Waals surface area contributed by atoms with Crippen molar-refractivity contribution in [3.8, 4) is 17.1 Å². The molecule has 0 unspecified atom stereocenters. The summed E-state index contributed by atoms with van der Waals surface area (Å²) in [7, 11) is 0. The van der Waals surface area contributed by atoms with Gasteiger partial charge in [-0.15, -0.1) is 0 Å². The Morgan fingerprint density at radius 2 is 1.82 bits per heavy atom. The largest absolute Gasteiger partial charge is 0.365 e. The molecule has 0 amide bonds. The van der Waals surface area contributed by atoms with Crippen LogP contribution in [0, 0.1) is 11.6 Å². The molecule has 142 valence electrons. The molecule has 0 fully saturated rings. The summed E-state index contributed by atoms with van der Waals surface area (Å²) in [6, 6.07) is 9.45. The van der Waals surface area contributed by atoms with Crippen LogP contribution in [0.4, 0.5) is 14.6 Å². The summed E-state index contributed by atoms with van der Waals surface area (Å²) >= 11 is 0. The molecule has 0 radical (unpaired) electrons. The van der Waals surface area contributed by atoms with E-state index in [2.05, 4.69) is 20.3 Å². The molecule has 0 aliphatic heterocycles. The SMILES string of the molecule is CC(C)(C)Nc1ncccc1-c1nc2cnccc2n1-c1cccc(F)c1F. The first-order chi connectivity index (χ1) is 13.3. The lowest BCUT2D eigenvalue weighted by atomic mass is 10.1. The number of benzene rings is 1. The fourth-order valence-corrected chi connectivity index (χ4v) is 3.06. The van der Waals surface area contributed by atoms with Crippen molar-refractivity contribution in [2.45, 2.75) is 26.3 Å². The second kappa shape index (κ2) is 6.67. The van der Waals surface area contributed by atoms with E-state index in [1.807, 2.05) is 26.8 Å². The van der Waals surface area contributed by atoms with Crippen molar-refractivity contribution in [3.63, 3.8) is 0 Å². The molecule has 1 N–H and O–H groups in total. The average Bonchev–Trinajstić information content (AvgIpc) is 3.02. The predicted molar refractivity (Wildman–Crippen MR) is 105 cm³/mol. The van der Waals surface area contributed by atoms with E-state index in [1.54, 1.807) is 35.3 Å². The molecule has 4 aromatic rings. The Bertz CT molecular complexity index is 1160. The number of fused-ring (bicyclic) bond motifs is 1. The van der Waals surface area contributed by atoms with Crippen molar-refractivity contribution in [1.82, 2.24) is 19.5 Å². The molecule has 28 heavy (non-hydrogen) atoms. The topological polar surface area (TPSA) is 55.6 Å². The third kappa shape index (κ3) is 3.19. The normalized spacial score (nSPS) is 11.8. The first-order valence-electron chi connectivity index (χ1n) is 8.85. The van der Waals surface area contributed by atoms with Crippen LogP contribution in [-0.4, -0.2) is 25.1 Å². The maximum Gasteiger partial charge on any atom is 0.182 e. The fraction of sp³-hybridized carbons (Fsp3) is 0.190. The average molecular weight is 379 g/mol. The van der Waals surface area contributed by atoms with Gasteiger partial charge >= 0.3 is 0 Å². The van der Waals surface area contributed by atoms with E-state index in [0.29, 0.717) is 28.2 Å². The number of hydrogen-bond acceptors (Lipinski definition) is 4. The zero-order chi connectivity index (χ0) is 19.9. The van der Waals surface area contributed by atoms with Crippen LogP contribution in [0.5, 0.6) is 0 Å². The summed E-state index contributed by atoms with van der Waals surface area (Å²) in [5.74, 6) is -0.795. The van der Waals surface area contributed by atoms with Crippen molar-refractivity contribution in [1.29, 1.82) is 0 Å². The van der Waals surface area contributed by atoms with Crippen molar-refractivity contribution in [3.05, 3.63) is 66.6 Å². The Kier molecular flexibility index (Phi) is 4.30. The van der Waals surface area contributed by atoms with Gasteiger partial charge in [0.05, 0.1) is 23.0 Å². The van der Waals surface area contributed by atoms with Crippen LogP contribution in [0.25, 0.3) is 28.1 Å². The minimum atomic E-state index is -0.936. The Morgan fingerprint density at radius 3 is 2.61 bits per heavy atom. The smallest absolute Gasteiger partial charge is 0.182 e. The highest BCUT2D eigenvalue weighted by atomic mass is 19.2. The standard InChI is InChI=1S/C21H19F2N5/c1-21(2,3)27-19-13(6-5-10-25-19)20-26-15-12-24-11-9-16(15)28(20)17-8-4-7-14(22)18(17)23/h4-12H,1-3H3,(H,25,27). The number of nitrogens with zero attached hydrogens (tertiary/aromatic N) is 4. The molecule has 1 aromatic carbocycles. The van der Waals surface area contributed by atoms with Gasteiger partial charge in [-0.2, -0.15) is 0 Å². The summed E-state index contributed by atoms with van der Waals surface area (Å²) in [6.07, 6.45) is 4.87. The van der Waals surface area contributed by atoms with E-state index >= 15 is 0 Å². The Hall–Kier alpha value is -3.35. The van der Waals surface area contributed by atoms with E-state index < -0.39 is 11.6 Å². The summed E-state index contributed by atoms with van der Waals surface area (Å²) in [5, 5.41) is 3.35. The first-order valence-corrected chi connectivity index (χ1v) is 8.85. The van der Waals surface area contributed by atoms with Gasteiger partial charge in [-0.3, -0.25) is 9.55 Å². The lowest BCUT2D eigenvalue weighted by Crippen LogP contribution is -2.27. The second-order valence-corrected chi connectivity index (χ2v) is 7.48. The van der Waals surface area contributed by atoms with E-state index in [4.69, 9.17) is 0 Å². The molecular weight excluding hydrogens is 360 g/mol. The lowest BCUT2D eigenvalue weighted by molar-refractivity contribution is 0.505. The third-order valence-corrected chi connectivity index (χ3v) is 4.17. The van der Waals surface area contributed by atoms with E-state index in [9.17, 15) is 8.78 Å². The highest BCUT2D eigenvalue weighted by Crippen LogP contribution is 2.33. The van der Waals surface area contributed by atoms with Crippen LogP contribution in [0.3, 0.4) is 0 Å².